The Morgan fingerprint density at radius 3 is 2.64 bits per heavy atom. The van der Waals surface area contributed by atoms with Gasteiger partial charge in [0, 0.05) is 18.8 Å². The van der Waals surface area contributed by atoms with Crippen LogP contribution in [0.25, 0.3) is 0 Å². The quantitative estimate of drug-likeness (QED) is 0.451. The molecule has 4 heteroatoms. The lowest BCUT2D eigenvalue weighted by Gasteiger charge is -2.19. The number of allylic oxidation sites excluding steroid dienone is 2. The first-order valence-electron chi connectivity index (χ1n) is 8.32. The molecule has 0 radical (unpaired) electrons. The summed E-state index contributed by atoms with van der Waals surface area (Å²) in [5.74, 6) is 0.0832. The van der Waals surface area contributed by atoms with Crippen LogP contribution in [0.15, 0.2) is 24.3 Å². The summed E-state index contributed by atoms with van der Waals surface area (Å²) in [6, 6.07) is 0. The third-order valence-electron chi connectivity index (χ3n) is 4.36. The Kier molecular flexibility index (Phi) is 8.61. The van der Waals surface area contributed by atoms with Gasteiger partial charge in [-0.1, -0.05) is 31.2 Å². The molecule has 0 aromatic carbocycles. The minimum atomic E-state index is -0.550. The summed E-state index contributed by atoms with van der Waals surface area (Å²) in [6.45, 7) is 3.50. The van der Waals surface area contributed by atoms with E-state index in [4.69, 9.17) is 0 Å². The van der Waals surface area contributed by atoms with Crippen LogP contribution in [-0.2, 0) is 4.79 Å². The first-order valence-corrected chi connectivity index (χ1v) is 8.32. The Hall–Kier alpha value is -0.970. The summed E-state index contributed by atoms with van der Waals surface area (Å²) >= 11 is 0. The van der Waals surface area contributed by atoms with Gasteiger partial charge in [0.05, 0.1) is 18.3 Å². The second kappa shape index (κ2) is 9.93. The highest BCUT2D eigenvalue weighted by molar-refractivity contribution is 5.75. The van der Waals surface area contributed by atoms with Gasteiger partial charge in [-0.25, -0.2) is 0 Å². The number of ketones is 1. The Morgan fingerprint density at radius 2 is 2.00 bits per heavy atom. The molecule has 4 nitrogen and oxygen atoms in total. The van der Waals surface area contributed by atoms with E-state index in [0.29, 0.717) is 25.7 Å². The summed E-state index contributed by atoms with van der Waals surface area (Å²) < 4.78 is 0. The SMILES string of the molecule is CC[C@H](O)C=C[C@@H]1[C@@H](C/C=C\CCCC(C)=O)[C@@H](O)C[C@H]1O. The van der Waals surface area contributed by atoms with E-state index in [-0.39, 0.29) is 17.6 Å². The van der Waals surface area contributed by atoms with Crippen molar-refractivity contribution in [2.24, 2.45) is 11.8 Å². The molecule has 1 fully saturated rings. The second-order valence-corrected chi connectivity index (χ2v) is 6.27. The lowest BCUT2D eigenvalue weighted by molar-refractivity contribution is -0.117. The standard InChI is InChI=1S/C18H30O4/c1-3-14(20)10-11-16-15(17(21)12-18(16)22)9-7-5-4-6-8-13(2)19/h5,7,10-11,14-18,20-22H,3-4,6,8-9,12H2,1-2H3/b7-5-,11-10?/t14-,15+,16+,17-,18+/m0/s1. The number of hydrogen-bond donors (Lipinski definition) is 3. The molecule has 126 valence electrons. The monoisotopic (exact) mass is 310 g/mol. The predicted molar refractivity (Wildman–Crippen MR) is 87.3 cm³/mol. The maximum Gasteiger partial charge on any atom is 0.129 e. The maximum absolute atomic E-state index is 10.8. The molecule has 1 saturated carbocycles. The summed E-state index contributed by atoms with van der Waals surface area (Å²) in [7, 11) is 0. The molecule has 0 spiro atoms. The lowest BCUT2D eigenvalue weighted by atomic mass is 9.89. The van der Waals surface area contributed by atoms with E-state index in [1.807, 2.05) is 25.2 Å². The van der Waals surface area contributed by atoms with E-state index in [0.717, 1.165) is 12.8 Å². The van der Waals surface area contributed by atoms with Crippen LogP contribution in [-0.4, -0.2) is 39.4 Å². The van der Waals surface area contributed by atoms with E-state index in [9.17, 15) is 20.1 Å². The number of hydrogen-bond acceptors (Lipinski definition) is 4. The smallest absolute Gasteiger partial charge is 0.129 e. The van der Waals surface area contributed by atoms with Crippen molar-refractivity contribution in [2.45, 2.75) is 70.7 Å². The van der Waals surface area contributed by atoms with Gasteiger partial charge >= 0.3 is 0 Å². The van der Waals surface area contributed by atoms with Crippen molar-refractivity contribution >= 4 is 5.78 Å². The van der Waals surface area contributed by atoms with Gasteiger partial charge in [-0.15, -0.1) is 0 Å². The highest BCUT2D eigenvalue weighted by Crippen LogP contribution is 2.36. The summed E-state index contributed by atoms with van der Waals surface area (Å²) in [5.41, 5.74) is 0. The minimum absolute atomic E-state index is 0.0145. The number of unbranched alkanes of at least 4 members (excludes halogenated alkanes) is 1. The first-order chi connectivity index (χ1) is 10.5. The average Bonchev–Trinajstić information content (AvgIpc) is 2.73. The van der Waals surface area contributed by atoms with Gasteiger partial charge in [-0.05, 0) is 38.5 Å². The molecule has 0 aromatic rings. The number of Topliss-reactive ketones (excluding diaryl/α,β-unsaturated/α-hetero) is 1. The molecule has 0 aromatic heterocycles. The summed E-state index contributed by atoms with van der Waals surface area (Å²) in [4.78, 5) is 10.8. The zero-order valence-corrected chi connectivity index (χ0v) is 13.7. The van der Waals surface area contributed by atoms with Crippen molar-refractivity contribution in [1.29, 1.82) is 0 Å². The molecule has 0 saturated heterocycles. The van der Waals surface area contributed by atoms with Crippen LogP contribution in [0.1, 0.15) is 52.4 Å². The molecule has 5 atom stereocenters. The van der Waals surface area contributed by atoms with E-state index in [2.05, 4.69) is 0 Å². The average molecular weight is 310 g/mol. The molecule has 1 rings (SSSR count). The number of carbonyl (C=O) groups is 1. The second-order valence-electron chi connectivity index (χ2n) is 6.27. The van der Waals surface area contributed by atoms with Crippen LogP contribution in [0.5, 0.6) is 0 Å². The van der Waals surface area contributed by atoms with Crippen molar-refractivity contribution in [3.05, 3.63) is 24.3 Å². The number of aliphatic hydroxyl groups is 3. The Labute approximate surface area is 133 Å². The highest BCUT2D eigenvalue weighted by Gasteiger charge is 2.39. The van der Waals surface area contributed by atoms with Crippen LogP contribution >= 0.6 is 0 Å². The van der Waals surface area contributed by atoms with Crippen LogP contribution in [0.2, 0.25) is 0 Å². The molecule has 1 aliphatic carbocycles. The fraction of sp³-hybridized carbons (Fsp3) is 0.722. The molecule has 0 bridgehead atoms. The normalized spacial score (nSPS) is 30.4. The summed E-state index contributed by atoms with van der Waals surface area (Å²) in [6.07, 6.45) is 10.1. The predicted octanol–water partition coefficient (Wildman–Crippen LogP) is 2.38. The molecule has 3 N–H and O–H groups in total. The largest absolute Gasteiger partial charge is 0.393 e. The van der Waals surface area contributed by atoms with Crippen molar-refractivity contribution in [3.8, 4) is 0 Å². The van der Waals surface area contributed by atoms with E-state index >= 15 is 0 Å². The number of carbonyl (C=O) groups excluding carboxylic acids is 1. The van der Waals surface area contributed by atoms with E-state index in [1.165, 1.54) is 0 Å². The lowest BCUT2D eigenvalue weighted by Crippen LogP contribution is -2.20. The third-order valence-corrected chi connectivity index (χ3v) is 4.36. The molecule has 0 unspecified atom stereocenters. The highest BCUT2D eigenvalue weighted by atomic mass is 16.3. The van der Waals surface area contributed by atoms with Gasteiger partial charge < -0.3 is 20.1 Å². The molecule has 0 aliphatic heterocycles. The number of rotatable bonds is 9. The van der Waals surface area contributed by atoms with Gasteiger partial charge in [-0.2, -0.15) is 0 Å². The van der Waals surface area contributed by atoms with Crippen LogP contribution < -0.4 is 0 Å². The topological polar surface area (TPSA) is 77.8 Å². The van der Waals surface area contributed by atoms with Crippen molar-refractivity contribution in [2.75, 3.05) is 0 Å². The minimum Gasteiger partial charge on any atom is -0.393 e. The van der Waals surface area contributed by atoms with Crippen molar-refractivity contribution < 1.29 is 20.1 Å². The third kappa shape index (κ3) is 6.42. The van der Waals surface area contributed by atoms with E-state index < -0.39 is 18.3 Å². The van der Waals surface area contributed by atoms with Gasteiger partial charge in [0.15, 0.2) is 0 Å². The van der Waals surface area contributed by atoms with E-state index in [1.54, 1.807) is 13.0 Å². The zero-order valence-electron chi connectivity index (χ0n) is 13.7. The van der Waals surface area contributed by atoms with Gasteiger partial charge in [-0.3, -0.25) is 0 Å². The molecule has 0 heterocycles. The zero-order chi connectivity index (χ0) is 16.5. The summed E-state index contributed by atoms with van der Waals surface area (Å²) in [5, 5.41) is 29.8. The van der Waals surface area contributed by atoms with Gasteiger partial charge in [0.1, 0.15) is 5.78 Å². The Bertz CT molecular complexity index is 389. The fourth-order valence-electron chi connectivity index (χ4n) is 2.94. The molecular formula is C18H30O4. The maximum atomic E-state index is 10.8. The molecular weight excluding hydrogens is 280 g/mol. The van der Waals surface area contributed by atoms with Crippen molar-refractivity contribution in [1.82, 2.24) is 0 Å². The molecule has 1 aliphatic rings. The molecule has 0 amide bonds. The van der Waals surface area contributed by atoms with Crippen LogP contribution in [0, 0.1) is 11.8 Å². The fourth-order valence-corrected chi connectivity index (χ4v) is 2.94. The Morgan fingerprint density at radius 1 is 1.27 bits per heavy atom. The van der Waals surface area contributed by atoms with Gasteiger partial charge in [0.2, 0.25) is 0 Å². The van der Waals surface area contributed by atoms with Crippen LogP contribution in [0.3, 0.4) is 0 Å². The first kappa shape index (κ1) is 19.1. The van der Waals surface area contributed by atoms with Crippen LogP contribution in [0.4, 0.5) is 0 Å². The van der Waals surface area contributed by atoms with Crippen molar-refractivity contribution in [3.63, 3.8) is 0 Å². The Balaban J connectivity index is 2.48. The number of aliphatic hydroxyl groups excluding tert-OH is 3. The molecule has 22 heavy (non-hydrogen) atoms. The van der Waals surface area contributed by atoms with Gasteiger partial charge in [0.25, 0.3) is 0 Å².